The largest absolute Gasteiger partial charge is 0 e. The van der Waals surface area contributed by atoms with Gasteiger partial charge in [0.15, 0.2) is 0 Å². The molecule has 0 aliphatic rings. The maximum atomic E-state index is 9.10. The Bertz CT molecular complexity index is 80.0. The van der Waals surface area contributed by atoms with Gasteiger partial charge in [0.2, 0.25) is 0 Å². The molecule has 0 rings (SSSR count). The molecule has 6 heteroatoms. The molecule has 0 heterocycles. The summed E-state index contributed by atoms with van der Waals surface area (Å²) in [6, 6.07) is 0. The summed E-state index contributed by atoms with van der Waals surface area (Å²) in [6.45, 7) is 0. The Balaban J connectivity index is -0.000000125. The first-order valence-corrected chi connectivity index (χ1v) is 1.11. The summed E-state index contributed by atoms with van der Waals surface area (Å²) >= 11 is 0. The second-order valence-corrected chi connectivity index (χ2v) is 0.610. The van der Waals surface area contributed by atoms with Crippen LogP contribution in [0.5, 0.6) is 0 Å². The van der Waals surface area contributed by atoms with Crippen molar-refractivity contribution in [1.29, 1.82) is 0 Å². The number of carboxylic acid groups (broad SMARTS) is 2. The molecule has 0 saturated carbocycles. The van der Waals surface area contributed by atoms with Crippen LogP contribution in [-0.4, -0.2) is 80.3 Å². The zero-order chi connectivity index (χ0) is 5.15. The first-order chi connectivity index (χ1) is 2.64. The summed E-state index contributed by atoms with van der Waals surface area (Å²) in [6.07, 6.45) is 0. The first-order valence-electron chi connectivity index (χ1n) is 1.11. The zero-order valence-electron chi connectivity index (χ0n) is 3.21. The summed E-state index contributed by atoms with van der Waals surface area (Å²) < 4.78 is 0. The third kappa shape index (κ3) is 10.4. The average molecular weight is 224 g/mol. The smallest absolute Gasteiger partial charge is 0 e. The minimum absolute atomic E-state index is 0. The van der Waals surface area contributed by atoms with Crippen LogP contribution < -0.4 is 0 Å². The fourth-order valence-corrected chi connectivity index (χ4v) is 0. The van der Waals surface area contributed by atoms with Gasteiger partial charge in [-0.05, 0) is 0 Å². The van der Waals surface area contributed by atoms with Crippen LogP contribution in [0.1, 0.15) is 0 Å². The third-order valence-electron chi connectivity index (χ3n) is 0.183. The maximum absolute atomic E-state index is 9.10. The summed E-state index contributed by atoms with van der Waals surface area (Å²) in [5, 5.41) is 14.8. The summed E-state index contributed by atoms with van der Waals surface area (Å²) in [7, 11) is 0. The van der Waals surface area contributed by atoms with Gasteiger partial charge in [-0.25, -0.2) is 9.59 Å². The van der Waals surface area contributed by atoms with Gasteiger partial charge < -0.3 is 10.2 Å². The van der Waals surface area contributed by atoms with Gasteiger partial charge in [0.1, 0.15) is 0 Å². The van der Waals surface area contributed by atoms with Crippen molar-refractivity contribution in [3.63, 3.8) is 0 Å². The van der Waals surface area contributed by atoms with Gasteiger partial charge >= 0.3 is 70.1 Å². The number of hydrogen-bond acceptors (Lipinski definition) is 2. The Kier molecular flexibility index (Phi) is 17.2. The van der Waals surface area contributed by atoms with Crippen LogP contribution in [0.15, 0.2) is 0 Å². The van der Waals surface area contributed by atoms with Crippen molar-refractivity contribution in [3.05, 3.63) is 0 Å². The Hall–Kier alpha value is 1.46. The van der Waals surface area contributed by atoms with E-state index in [1.54, 1.807) is 0 Å². The van der Waals surface area contributed by atoms with E-state index in [0.717, 1.165) is 0 Å². The molecule has 0 unspecified atom stereocenters. The van der Waals surface area contributed by atoms with Gasteiger partial charge in [0.05, 0.1) is 0 Å². The first kappa shape index (κ1) is 16.2. The number of rotatable bonds is 0. The number of carboxylic acids is 2. The van der Waals surface area contributed by atoms with E-state index in [4.69, 9.17) is 19.8 Å². The summed E-state index contributed by atoms with van der Waals surface area (Å²) in [4.78, 5) is 18.2. The summed E-state index contributed by atoms with van der Waals surface area (Å²) in [5.41, 5.74) is 0. The van der Waals surface area contributed by atoms with Crippen molar-refractivity contribution in [2.75, 3.05) is 0 Å². The predicted molar refractivity (Wildman–Crippen MR) is 22.4 cm³/mol. The van der Waals surface area contributed by atoms with Crippen molar-refractivity contribution >= 4 is 70.1 Å². The van der Waals surface area contributed by atoms with Crippen LogP contribution in [0.2, 0.25) is 0 Å². The molecule has 0 atom stereocenters. The van der Waals surface area contributed by atoms with Gasteiger partial charge in [-0.1, -0.05) is 0 Å². The molecule has 0 aromatic rings. The Morgan fingerprint density at radius 2 is 1.12 bits per heavy atom. The topological polar surface area (TPSA) is 74.6 Å². The fraction of sp³-hybridized carbons (Fsp3) is 0. The molecular weight excluding hydrogens is 221 g/mol. The second kappa shape index (κ2) is 8.46. The molecule has 0 spiro atoms. The van der Waals surface area contributed by atoms with Crippen LogP contribution in [0.4, 0.5) is 0 Å². The molecule has 0 fully saturated rings. The van der Waals surface area contributed by atoms with E-state index in [0.29, 0.717) is 0 Å². The van der Waals surface area contributed by atoms with Crippen LogP contribution >= 0.6 is 0 Å². The van der Waals surface area contributed by atoms with Crippen molar-refractivity contribution in [2.45, 2.75) is 0 Å². The van der Waals surface area contributed by atoms with E-state index in [2.05, 4.69) is 0 Å². The maximum Gasteiger partial charge on any atom is 0 e. The standard InChI is InChI=1S/C2H2O4.Rb.Ti.H/c3-1(4)2(5)6;;;/h(H,3,4)(H,5,6);;;. The molecule has 0 aromatic heterocycles. The normalized spacial score (nSPS) is 5.50. The van der Waals surface area contributed by atoms with Gasteiger partial charge in [-0.2, -0.15) is 0 Å². The monoisotopic (exact) mass is 224 g/mol. The van der Waals surface area contributed by atoms with Crippen LogP contribution in [0, 0.1) is 0 Å². The summed E-state index contributed by atoms with van der Waals surface area (Å²) in [5.74, 6) is -3.65. The van der Waals surface area contributed by atoms with Crippen LogP contribution in [-0.2, 0) is 31.3 Å². The quantitative estimate of drug-likeness (QED) is 0.388. The van der Waals surface area contributed by atoms with Gasteiger partial charge in [-0.3, -0.25) is 0 Å². The van der Waals surface area contributed by atoms with Crippen LogP contribution in [0.25, 0.3) is 0 Å². The zero-order valence-corrected chi connectivity index (χ0v) is 4.77. The van der Waals surface area contributed by atoms with E-state index in [1.807, 2.05) is 0 Å². The molecule has 4 nitrogen and oxygen atoms in total. The van der Waals surface area contributed by atoms with Crippen LogP contribution in [0.3, 0.4) is 0 Å². The van der Waals surface area contributed by atoms with E-state index in [9.17, 15) is 0 Å². The Morgan fingerprint density at radius 1 is 1.00 bits per heavy atom. The molecular formula is C2H3O4RbTi. The predicted octanol–water partition coefficient (Wildman–Crippen LogP) is -1.50. The molecule has 40 valence electrons. The molecule has 0 amide bonds. The minimum atomic E-state index is -1.82. The van der Waals surface area contributed by atoms with Crippen molar-refractivity contribution in [3.8, 4) is 0 Å². The van der Waals surface area contributed by atoms with Gasteiger partial charge in [0.25, 0.3) is 0 Å². The Morgan fingerprint density at radius 3 is 1.12 bits per heavy atom. The van der Waals surface area contributed by atoms with E-state index in [1.165, 1.54) is 0 Å². The molecule has 0 saturated heterocycles. The van der Waals surface area contributed by atoms with Crippen molar-refractivity contribution < 1.29 is 41.5 Å². The fourth-order valence-electron chi connectivity index (χ4n) is 0. The minimum Gasteiger partial charge on any atom is 0 e. The number of carbonyl (C=O) groups is 2. The third-order valence-corrected chi connectivity index (χ3v) is 0.183. The molecule has 2 N–H and O–H groups in total. The van der Waals surface area contributed by atoms with E-state index < -0.39 is 11.9 Å². The molecule has 0 aliphatic heterocycles. The van der Waals surface area contributed by atoms with Crippen molar-refractivity contribution in [1.82, 2.24) is 0 Å². The second-order valence-electron chi connectivity index (χ2n) is 0.610. The number of hydrogen-bond donors (Lipinski definition) is 2. The van der Waals surface area contributed by atoms with Crippen molar-refractivity contribution in [2.24, 2.45) is 0 Å². The molecule has 0 aromatic carbocycles. The SMILES string of the molecule is O=C(O)C(=O)O.[RbH].[Ti]. The van der Waals surface area contributed by atoms with E-state index >= 15 is 0 Å². The molecule has 0 radical (unpaired) electrons. The number of aliphatic carboxylic acids is 2. The Labute approximate surface area is 109 Å². The van der Waals surface area contributed by atoms with Gasteiger partial charge in [0, 0.05) is 21.7 Å². The van der Waals surface area contributed by atoms with E-state index in [-0.39, 0.29) is 79.9 Å². The molecule has 8 heavy (non-hydrogen) atoms. The average Bonchev–Trinajstić information content (AvgIpc) is 1.36. The molecule has 0 aliphatic carbocycles. The van der Waals surface area contributed by atoms with Gasteiger partial charge in [-0.15, -0.1) is 0 Å². The molecule has 0 bridgehead atoms.